The smallest absolute Gasteiger partial charge is 0.0992 e. The van der Waals surface area contributed by atoms with Crippen molar-refractivity contribution in [3.8, 4) is 90.0 Å². The molecule has 0 spiro atoms. The van der Waals surface area contributed by atoms with Gasteiger partial charge in [0.05, 0.1) is 23.3 Å². The Kier molecular flexibility index (Phi) is 8.80. The molecule has 0 heterocycles. The third kappa shape index (κ3) is 6.79. The van der Waals surface area contributed by atoms with E-state index in [4.69, 9.17) is 0 Å². The van der Waals surface area contributed by atoms with E-state index >= 15 is 0 Å². The van der Waals surface area contributed by atoms with Crippen LogP contribution >= 0.6 is 0 Å². The highest BCUT2D eigenvalue weighted by Gasteiger charge is 2.11. The van der Waals surface area contributed by atoms with Crippen molar-refractivity contribution in [2.45, 2.75) is 0 Å². The zero-order chi connectivity index (χ0) is 35.3. The molecule has 2 heteroatoms. The van der Waals surface area contributed by atoms with Gasteiger partial charge in [0.2, 0.25) is 0 Å². The molecule has 0 radical (unpaired) electrons. The van der Waals surface area contributed by atoms with E-state index in [2.05, 4.69) is 146 Å². The summed E-state index contributed by atoms with van der Waals surface area (Å²) in [5.74, 6) is 0. The minimum atomic E-state index is 0.620. The van der Waals surface area contributed by atoms with Gasteiger partial charge < -0.3 is 0 Å². The number of rotatable bonds is 7. The topological polar surface area (TPSA) is 47.6 Å². The first-order valence-corrected chi connectivity index (χ1v) is 17.3. The molecule has 0 aliphatic carbocycles. The van der Waals surface area contributed by atoms with Gasteiger partial charge in [0.1, 0.15) is 0 Å². The van der Waals surface area contributed by atoms with Crippen LogP contribution in [0.5, 0.6) is 0 Å². The molecule has 0 saturated heterocycles. The van der Waals surface area contributed by atoms with Crippen molar-refractivity contribution in [1.29, 1.82) is 10.5 Å². The summed E-state index contributed by atoms with van der Waals surface area (Å²) in [6, 6.07) is 71.5. The van der Waals surface area contributed by atoms with E-state index in [9.17, 15) is 10.5 Å². The molecule has 8 aromatic rings. The van der Waals surface area contributed by atoms with Crippen LogP contribution in [0.3, 0.4) is 0 Å². The lowest BCUT2D eigenvalue weighted by Crippen LogP contribution is -1.88. The predicted molar refractivity (Wildman–Crippen MR) is 214 cm³/mol. The molecular weight excluding hydrogens is 629 g/mol. The molecule has 0 aliphatic rings. The Labute approximate surface area is 304 Å². The van der Waals surface area contributed by atoms with Crippen LogP contribution in [-0.2, 0) is 0 Å². The molecule has 8 aromatic carbocycles. The summed E-state index contributed by atoms with van der Waals surface area (Å²) in [5, 5.41) is 19.9. The molecule has 8 rings (SSSR count). The summed E-state index contributed by atoms with van der Waals surface area (Å²) < 4.78 is 0. The Bertz CT molecular complexity index is 2420. The average Bonchev–Trinajstić information content (AvgIpc) is 3.24. The molecule has 0 bridgehead atoms. The van der Waals surface area contributed by atoms with E-state index in [1.54, 1.807) is 0 Å². The van der Waals surface area contributed by atoms with Crippen molar-refractivity contribution >= 4 is 0 Å². The number of nitriles is 2. The first-order valence-electron chi connectivity index (χ1n) is 17.3. The summed E-state index contributed by atoms with van der Waals surface area (Å²) in [6.07, 6.45) is 0. The number of hydrogen-bond acceptors (Lipinski definition) is 2. The van der Waals surface area contributed by atoms with Gasteiger partial charge in [-0.05, 0) is 126 Å². The second-order valence-electron chi connectivity index (χ2n) is 12.9. The van der Waals surface area contributed by atoms with Crippen molar-refractivity contribution < 1.29 is 0 Å². The minimum absolute atomic E-state index is 0.620. The standard InChI is InChI=1S/C50H32N2/c51-33-35-25-47(41-21-17-39(18-22-41)37-9-3-1-4-10-37)31-49(27-35)45-15-7-13-43(29-45)44-14-8-16-46(30-44)50-28-36(34-52)26-48(32-50)42-23-19-40(20-24-42)38-11-5-2-6-12-38/h1-32H. The van der Waals surface area contributed by atoms with Gasteiger partial charge in [0.15, 0.2) is 0 Å². The van der Waals surface area contributed by atoms with E-state index in [0.717, 1.165) is 66.8 Å². The first kappa shape index (κ1) is 32.0. The minimum Gasteiger partial charge on any atom is -0.192 e. The first-order chi connectivity index (χ1) is 25.6. The number of nitrogens with zero attached hydrogens (tertiary/aromatic N) is 2. The summed E-state index contributed by atoms with van der Waals surface area (Å²) in [7, 11) is 0. The molecule has 0 saturated carbocycles. The zero-order valence-corrected chi connectivity index (χ0v) is 28.4. The van der Waals surface area contributed by atoms with E-state index in [1.165, 1.54) is 11.1 Å². The van der Waals surface area contributed by atoms with Crippen molar-refractivity contribution in [2.24, 2.45) is 0 Å². The van der Waals surface area contributed by atoms with Gasteiger partial charge in [-0.1, -0.05) is 146 Å². The molecule has 0 aromatic heterocycles. The van der Waals surface area contributed by atoms with Gasteiger partial charge in [-0.2, -0.15) is 10.5 Å². The van der Waals surface area contributed by atoms with Gasteiger partial charge in [-0.25, -0.2) is 0 Å². The Morgan fingerprint density at radius 1 is 0.212 bits per heavy atom. The molecule has 0 unspecified atom stereocenters. The summed E-state index contributed by atoms with van der Waals surface area (Å²) in [5.41, 5.74) is 16.2. The maximum atomic E-state index is 9.96. The highest BCUT2D eigenvalue weighted by molar-refractivity contribution is 5.82. The van der Waals surface area contributed by atoms with E-state index in [-0.39, 0.29) is 0 Å². The lowest BCUT2D eigenvalue weighted by atomic mass is 9.92. The molecule has 0 fully saturated rings. The third-order valence-electron chi connectivity index (χ3n) is 9.50. The van der Waals surface area contributed by atoms with Crippen LogP contribution in [-0.4, -0.2) is 0 Å². The van der Waals surface area contributed by atoms with Crippen molar-refractivity contribution in [2.75, 3.05) is 0 Å². The zero-order valence-electron chi connectivity index (χ0n) is 28.4. The van der Waals surface area contributed by atoms with E-state index in [1.807, 2.05) is 60.7 Å². The van der Waals surface area contributed by atoms with Crippen LogP contribution in [0.2, 0.25) is 0 Å². The Morgan fingerprint density at radius 3 is 0.769 bits per heavy atom. The largest absolute Gasteiger partial charge is 0.192 e. The number of benzene rings is 8. The van der Waals surface area contributed by atoms with Crippen molar-refractivity contribution in [3.63, 3.8) is 0 Å². The lowest BCUT2D eigenvalue weighted by molar-refractivity contribution is 1.47. The van der Waals surface area contributed by atoms with Gasteiger partial charge in [0, 0.05) is 0 Å². The van der Waals surface area contributed by atoms with Gasteiger partial charge in [0.25, 0.3) is 0 Å². The van der Waals surface area contributed by atoms with Crippen LogP contribution in [0.15, 0.2) is 194 Å². The Hall–Kier alpha value is -7.26. The second kappa shape index (κ2) is 14.3. The van der Waals surface area contributed by atoms with Crippen LogP contribution in [0.25, 0.3) is 77.9 Å². The SMILES string of the molecule is N#Cc1cc(-c2ccc(-c3ccccc3)cc2)cc(-c2cccc(-c3cccc(-c4cc(C#N)cc(-c5ccc(-c6ccccc6)cc5)c4)c3)c2)c1. The lowest BCUT2D eigenvalue weighted by Gasteiger charge is -2.12. The Morgan fingerprint density at radius 2 is 0.442 bits per heavy atom. The second-order valence-corrected chi connectivity index (χ2v) is 12.9. The van der Waals surface area contributed by atoms with Crippen LogP contribution in [0.1, 0.15) is 11.1 Å². The molecule has 2 nitrogen and oxygen atoms in total. The third-order valence-corrected chi connectivity index (χ3v) is 9.50. The van der Waals surface area contributed by atoms with E-state index < -0.39 is 0 Å². The fraction of sp³-hybridized carbons (Fsp3) is 0. The van der Waals surface area contributed by atoms with E-state index in [0.29, 0.717) is 11.1 Å². The summed E-state index contributed by atoms with van der Waals surface area (Å²) in [4.78, 5) is 0. The highest BCUT2D eigenvalue weighted by atomic mass is 14.2. The fourth-order valence-electron chi connectivity index (χ4n) is 6.78. The normalized spacial score (nSPS) is 10.7. The monoisotopic (exact) mass is 660 g/mol. The van der Waals surface area contributed by atoms with Crippen LogP contribution < -0.4 is 0 Å². The highest BCUT2D eigenvalue weighted by Crippen LogP contribution is 2.35. The van der Waals surface area contributed by atoms with Crippen molar-refractivity contribution in [3.05, 3.63) is 205 Å². The average molecular weight is 661 g/mol. The maximum Gasteiger partial charge on any atom is 0.0992 e. The fourth-order valence-corrected chi connectivity index (χ4v) is 6.78. The van der Waals surface area contributed by atoms with Crippen LogP contribution in [0.4, 0.5) is 0 Å². The van der Waals surface area contributed by atoms with Crippen LogP contribution in [0, 0.1) is 22.7 Å². The van der Waals surface area contributed by atoms with Gasteiger partial charge >= 0.3 is 0 Å². The quantitative estimate of drug-likeness (QED) is 0.171. The van der Waals surface area contributed by atoms with Gasteiger partial charge in [-0.15, -0.1) is 0 Å². The molecular formula is C50H32N2. The maximum absolute atomic E-state index is 9.96. The van der Waals surface area contributed by atoms with Gasteiger partial charge in [-0.3, -0.25) is 0 Å². The number of hydrogen-bond donors (Lipinski definition) is 0. The molecule has 0 aliphatic heterocycles. The molecule has 52 heavy (non-hydrogen) atoms. The molecule has 0 amide bonds. The molecule has 0 N–H and O–H groups in total. The summed E-state index contributed by atoms with van der Waals surface area (Å²) in [6.45, 7) is 0. The summed E-state index contributed by atoms with van der Waals surface area (Å²) >= 11 is 0. The molecule has 242 valence electrons. The predicted octanol–water partition coefficient (Wildman–Crippen LogP) is 13.1. The van der Waals surface area contributed by atoms with Crippen molar-refractivity contribution in [1.82, 2.24) is 0 Å². The molecule has 0 atom stereocenters. The Balaban J connectivity index is 1.10.